The second-order valence-electron chi connectivity index (χ2n) is 4.86. The predicted octanol–water partition coefficient (Wildman–Crippen LogP) is 1.03. The summed E-state index contributed by atoms with van der Waals surface area (Å²) in [6, 6.07) is 2.61. The first-order valence-corrected chi connectivity index (χ1v) is 6.21. The zero-order valence-electron chi connectivity index (χ0n) is 10.0. The summed E-state index contributed by atoms with van der Waals surface area (Å²) < 4.78 is 0. The van der Waals surface area contributed by atoms with Crippen molar-refractivity contribution in [2.24, 2.45) is 0 Å². The highest BCUT2D eigenvalue weighted by Crippen LogP contribution is 2.33. The van der Waals surface area contributed by atoms with Gasteiger partial charge in [0, 0.05) is 31.9 Å². The van der Waals surface area contributed by atoms with Gasteiger partial charge in [0.2, 0.25) is 5.91 Å². The molecule has 2 aliphatic rings. The van der Waals surface area contributed by atoms with E-state index in [0.29, 0.717) is 18.4 Å². The van der Waals surface area contributed by atoms with Crippen LogP contribution in [-0.2, 0) is 4.79 Å². The molecule has 0 radical (unpaired) electrons. The lowest BCUT2D eigenvalue weighted by Gasteiger charge is -2.38. The second kappa shape index (κ2) is 4.11. The molecule has 2 saturated heterocycles. The summed E-state index contributed by atoms with van der Waals surface area (Å²) in [6.45, 7) is 3.83. The van der Waals surface area contributed by atoms with Gasteiger partial charge in [0.15, 0.2) is 0 Å². The molecule has 2 unspecified atom stereocenters. The number of carbonyl (C=O) groups is 1. The Labute approximate surface area is 101 Å². The molecule has 1 aromatic heterocycles. The molecule has 2 aliphatic heterocycles. The zero-order valence-corrected chi connectivity index (χ0v) is 10.0. The largest absolute Gasteiger partial charge is 0.337 e. The van der Waals surface area contributed by atoms with Crippen LogP contribution in [0, 0.1) is 6.92 Å². The highest BCUT2D eigenvalue weighted by Gasteiger charge is 2.39. The highest BCUT2D eigenvalue weighted by molar-refractivity contribution is 5.79. The summed E-state index contributed by atoms with van der Waals surface area (Å²) in [5, 5.41) is 3.53. The molecule has 2 fully saturated rings. The van der Waals surface area contributed by atoms with Crippen LogP contribution < -0.4 is 5.32 Å². The molecule has 0 bridgehead atoms. The van der Waals surface area contributed by atoms with Crippen molar-refractivity contribution in [3.63, 3.8) is 0 Å². The molecule has 4 nitrogen and oxygen atoms in total. The number of aryl methyl sites for hydroxylation is 1. The summed E-state index contributed by atoms with van der Waals surface area (Å²) in [4.78, 5) is 18.0. The van der Waals surface area contributed by atoms with Gasteiger partial charge < -0.3 is 10.2 Å². The summed E-state index contributed by atoms with van der Waals surface area (Å²) in [5.41, 5.74) is 2.48. The number of hydrogen-bond donors (Lipinski definition) is 1. The van der Waals surface area contributed by atoms with E-state index in [0.717, 1.165) is 19.5 Å². The van der Waals surface area contributed by atoms with Crippen LogP contribution in [0.3, 0.4) is 0 Å². The van der Waals surface area contributed by atoms with Crippen LogP contribution in [-0.4, -0.2) is 34.9 Å². The van der Waals surface area contributed by atoms with Gasteiger partial charge in [-0.25, -0.2) is 0 Å². The van der Waals surface area contributed by atoms with E-state index >= 15 is 0 Å². The molecule has 1 aromatic rings. The molecule has 3 rings (SSSR count). The maximum atomic E-state index is 11.8. The maximum Gasteiger partial charge on any atom is 0.223 e. The lowest BCUT2D eigenvalue weighted by molar-refractivity contribution is -0.130. The third kappa shape index (κ3) is 1.72. The SMILES string of the molecule is Cc1ccncc1C1NCCN2C(=O)CCC12. The minimum Gasteiger partial charge on any atom is -0.337 e. The van der Waals surface area contributed by atoms with Gasteiger partial charge in [-0.2, -0.15) is 0 Å². The van der Waals surface area contributed by atoms with Crippen molar-refractivity contribution in [2.75, 3.05) is 13.1 Å². The predicted molar refractivity (Wildman–Crippen MR) is 64.5 cm³/mol. The van der Waals surface area contributed by atoms with Crippen LogP contribution >= 0.6 is 0 Å². The Morgan fingerprint density at radius 3 is 3.24 bits per heavy atom. The fraction of sp³-hybridized carbons (Fsp3) is 0.538. The minimum atomic E-state index is 0.254. The fourth-order valence-electron chi connectivity index (χ4n) is 2.99. The van der Waals surface area contributed by atoms with E-state index < -0.39 is 0 Å². The number of pyridine rings is 1. The maximum absolute atomic E-state index is 11.8. The molecule has 0 saturated carbocycles. The van der Waals surface area contributed by atoms with E-state index in [1.807, 2.05) is 23.4 Å². The van der Waals surface area contributed by atoms with Crippen LogP contribution in [0.4, 0.5) is 0 Å². The van der Waals surface area contributed by atoms with E-state index in [1.165, 1.54) is 11.1 Å². The van der Waals surface area contributed by atoms with Crippen molar-refractivity contribution >= 4 is 5.91 Å². The van der Waals surface area contributed by atoms with Gasteiger partial charge in [0.05, 0.1) is 12.1 Å². The molecule has 0 aromatic carbocycles. The summed E-state index contributed by atoms with van der Waals surface area (Å²) in [7, 11) is 0. The van der Waals surface area contributed by atoms with Gasteiger partial charge in [0.25, 0.3) is 0 Å². The summed E-state index contributed by atoms with van der Waals surface area (Å²) in [6.07, 6.45) is 5.41. The topological polar surface area (TPSA) is 45.2 Å². The Hall–Kier alpha value is -1.42. The number of fused-ring (bicyclic) bond motifs is 1. The first-order valence-electron chi connectivity index (χ1n) is 6.21. The van der Waals surface area contributed by atoms with Crippen LogP contribution in [0.2, 0.25) is 0 Å². The first-order chi connectivity index (χ1) is 8.27. The van der Waals surface area contributed by atoms with Gasteiger partial charge in [-0.15, -0.1) is 0 Å². The van der Waals surface area contributed by atoms with Crippen LogP contribution in [0.25, 0.3) is 0 Å². The Bertz CT molecular complexity index is 446. The number of carbonyl (C=O) groups excluding carboxylic acids is 1. The monoisotopic (exact) mass is 231 g/mol. The quantitative estimate of drug-likeness (QED) is 0.785. The van der Waals surface area contributed by atoms with E-state index in [2.05, 4.69) is 17.2 Å². The molecule has 0 aliphatic carbocycles. The molecule has 1 amide bonds. The molecule has 17 heavy (non-hydrogen) atoms. The number of aromatic nitrogens is 1. The zero-order chi connectivity index (χ0) is 11.8. The molecule has 4 heteroatoms. The van der Waals surface area contributed by atoms with Gasteiger partial charge in [-0.1, -0.05) is 0 Å². The van der Waals surface area contributed by atoms with E-state index in [1.54, 1.807) is 0 Å². The smallest absolute Gasteiger partial charge is 0.223 e. The number of amides is 1. The Balaban J connectivity index is 1.93. The molecule has 0 spiro atoms. The third-order valence-electron chi connectivity index (χ3n) is 3.89. The Morgan fingerprint density at radius 1 is 1.53 bits per heavy atom. The lowest BCUT2D eigenvalue weighted by atomic mass is 9.94. The van der Waals surface area contributed by atoms with Gasteiger partial charge in [-0.3, -0.25) is 9.78 Å². The molecule has 3 heterocycles. The molecular formula is C13H17N3O. The van der Waals surface area contributed by atoms with Crippen molar-refractivity contribution < 1.29 is 4.79 Å². The molecular weight excluding hydrogens is 214 g/mol. The summed E-state index contributed by atoms with van der Waals surface area (Å²) >= 11 is 0. The third-order valence-corrected chi connectivity index (χ3v) is 3.89. The molecule has 90 valence electrons. The van der Waals surface area contributed by atoms with Crippen molar-refractivity contribution in [3.8, 4) is 0 Å². The Kier molecular flexibility index (Phi) is 2.59. The lowest BCUT2D eigenvalue weighted by Crippen LogP contribution is -2.51. The second-order valence-corrected chi connectivity index (χ2v) is 4.86. The average Bonchev–Trinajstić information content (AvgIpc) is 2.72. The molecule has 2 atom stereocenters. The van der Waals surface area contributed by atoms with E-state index in [9.17, 15) is 4.79 Å². The van der Waals surface area contributed by atoms with Crippen molar-refractivity contribution in [1.82, 2.24) is 15.2 Å². The van der Waals surface area contributed by atoms with Gasteiger partial charge >= 0.3 is 0 Å². The number of hydrogen-bond acceptors (Lipinski definition) is 3. The minimum absolute atomic E-state index is 0.254. The standard InChI is InChI=1S/C13H17N3O/c1-9-4-5-14-8-10(9)13-11-2-3-12(17)16(11)7-6-15-13/h4-5,8,11,13,15H,2-3,6-7H2,1H3. The van der Waals surface area contributed by atoms with Crippen LogP contribution in [0.5, 0.6) is 0 Å². The normalized spacial score (nSPS) is 28.3. The van der Waals surface area contributed by atoms with Crippen LogP contribution in [0.1, 0.15) is 30.0 Å². The number of nitrogens with one attached hydrogen (secondary N) is 1. The van der Waals surface area contributed by atoms with Crippen LogP contribution in [0.15, 0.2) is 18.5 Å². The summed E-state index contributed by atoms with van der Waals surface area (Å²) in [5.74, 6) is 0.308. The Morgan fingerprint density at radius 2 is 2.41 bits per heavy atom. The van der Waals surface area contributed by atoms with E-state index in [4.69, 9.17) is 0 Å². The molecule has 1 N–H and O–H groups in total. The fourth-order valence-corrected chi connectivity index (χ4v) is 2.99. The highest BCUT2D eigenvalue weighted by atomic mass is 16.2. The van der Waals surface area contributed by atoms with Gasteiger partial charge in [-0.05, 0) is 30.5 Å². The number of rotatable bonds is 1. The van der Waals surface area contributed by atoms with Crippen molar-refractivity contribution in [3.05, 3.63) is 29.6 Å². The van der Waals surface area contributed by atoms with Crippen molar-refractivity contribution in [1.29, 1.82) is 0 Å². The van der Waals surface area contributed by atoms with Crippen molar-refractivity contribution in [2.45, 2.75) is 31.8 Å². The van der Waals surface area contributed by atoms with E-state index in [-0.39, 0.29) is 6.04 Å². The number of piperazine rings is 1. The number of nitrogens with zero attached hydrogens (tertiary/aromatic N) is 2. The first kappa shape index (κ1) is 10.7. The average molecular weight is 231 g/mol. The van der Waals surface area contributed by atoms with Gasteiger partial charge in [0.1, 0.15) is 0 Å².